The minimum Gasteiger partial charge on any atom is -0.350 e. The number of amides is 1. The van der Waals surface area contributed by atoms with Crippen molar-refractivity contribution in [2.45, 2.75) is 25.8 Å². The molecule has 1 atom stereocenters. The Morgan fingerprint density at radius 2 is 1.96 bits per heavy atom. The monoisotopic (exact) mass is 369 g/mol. The number of rotatable bonds is 2. The van der Waals surface area contributed by atoms with Gasteiger partial charge in [0.25, 0.3) is 0 Å². The maximum absolute atomic E-state index is 12.3. The molecule has 0 spiro atoms. The molecule has 0 radical (unpaired) electrons. The van der Waals surface area contributed by atoms with Gasteiger partial charge in [0.1, 0.15) is 5.65 Å². The number of carbonyl (C=O) groups excluding carboxylic acids is 1. The number of aromatic nitrogens is 4. The first-order valence-corrected chi connectivity index (χ1v) is 9.30. The molecule has 1 aliphatic heterocycles. The quantitative estimate of drug-likeness (QED) is 0.589. The highest BCUT2D eigenvalue weighted by Crippen LogP contribution is 2.33. The van der Waals surface area contributed by atoms with Crippen molar-refractivity contribution in [3.05, 3.63) is 83.6 Å². The highest BCUT2D eigenvalue weighted by molar-refractivity contribution is 5.78. The van der Waals surface area contributed by atoms with Crippen LogP contribution in [0, 0.1) is 6.92 Å². The standard InChI is InChI=1S/C22H19N5O/c1-14-5-4-6-15(9-14)22-24-11-16(12-25-22)17-10-20(28)23-13-18-21(17)27-8-3-2-7-19(27)26-18/h2-9,11-12,17H,10,13H2,1H3,(H,23,28)/t17-/m0/s1. The molecule has 0 aliphatic carbocycles. The van der Waals surface area contributed by atoms with E-state index in [1.807, 2.05) is 61.9 Å². The van der Waals surface area contributed by atoms with Crippen LogP contribution in [0.4, 0.5) is 0 Å². The fourth-order valence-corrected chi connectivity index (χ4v) is 3.83. The SMILES string of the molecule is Cc1cccc(-c2ncc([C@@H]3CC(=O)NCc4nc5ccccn5c43)cn2)c1. The van der Waals surface area contributed by atoms with Gasteiger partial charge in [0, 0.05) is 36.5 Å². The van der Waals surface area contributed by atoms with Crippen molar-refractivity contribution in [3.8, 4) is 11.4 Å². The lowest BCUT2D eigenvalue weighted by atomic mass is 9.93. The number of carbonyl (C=O) groups is 1. The van der Waals surface area contributed by atoms with Crippen LogP contribution in [0.25, 0.3) is 17.0 Å². The molecule has 3 aromatic heterocycles. The third-order valence-electron chi connectivity index (χ3n) is 5.17. The van der Waals surface area contributed by atoms with Crippen molar-refractivity contribution in [1.82, 2.24) is 24.7 Å². The molecular weight excluding hydrogens is 350 g/mol. The largest absolute Gasteiger partial charge is 0.350 e. The number of nitrogens with one attached hydrogen (secondary N) is 1. The molecule has 6 nitrogen and oxygen atoms in total. The number of benzene rings is 1. The van der Waals surface area contributed by atoms with Crippen LogP contribution in [0.1, 0.15) is 34.9 Å². The first-order chi connectivity index (χ1) is 13.7. The van der Waals surface area contributed by atoms with E-state index in [2.05, 4.69) is 25.8 Å². The van der Waals surface area contributed by atoms with Crippen LogP contribution < -0.4 is 5.32 Å². The Hall–Kier alpha value is -3.54. The Kier molecular flexibility index (Phi) is 3.90. The molecule has 4 heterocycles. The highest BCUT2D eigenvalue weighted by Gasteiger charge is 2.29. The second-order valence-corrected chi connectivity index (χ2v) is 7.12. The zero-order valence-electron chi connectivity index (χ0n) is 15.5. The molecule has 4 aromatic rings. The van der Waals surface area contributed by atoms with Crippen LogP contribution in [-0.2, 0) is 11.3 Å². The fraction of sp³-hybridized carbons (Fsp3) is 0.182. The molecule has 28 heavy (non-hydrogen) atoms. The first kappa shape index (κ1) is 16.6. The lowest BCUT2D eigenvalue weighted by molar-refractivity contribution is -0.121. The summed E-state index contributed by atoms with van der Waals surface area (Å²) in [5.41, 5.74) is 5.87. The number of aryl methyl sites for hydroxylation is 1. The summed E-state index contributed by atoms with van der Waals surface area (Å²) in [6.07, 6.45) is 6.01. The summed E-state index contributed by atoms with van der Waals surface area (Å²) in [6.45, 7) is 2.49. The van der Waals surface area contributed by atoms with Crippen LogP contribution in [0.5, 0.6) is 0 Å². The Morgan fingerprint density at radius 1 is 1.11 bits per heavy atom. The minimum atomic E-state index is -0.138. The zero-order valence-corrected chi connectivity index (χ0v) is 15.5. The second kappa shape index (κ2) is 6.56. The van der Waals surface area contributed by atoms with Crippen molar-refractivity contribution in [1.29, 1.82) is 0 Å². The van der Waals surface area contributed by atoms with Crippen molar-refractivity contribution in [2.24, 2.45) is 0 Å². The number of nitrogens with zero attached hydrogens (tertiary/aromatic N) is 4. The summed E-state index contributed by atoms with van der Waals surface area (Å²) >= 11 is 0. The lowest BCUT2D eigenvalue weighted by Crippen LogP contribution is -2.21. The van der Waals surface area contributed by atoms with Gasteiger partial charge in [0.2, 0.25) is 5.91 Å². The van der Waals surface area contributed by atoms with Gasteiger partial charge < -0.3 is 9.72 Å². The van der Waals surface area contributed by atoms with Gasteiger partial charge in [-0.15, -0.1) is 0 Å². The summed E-state index contributed by atoms with van der Waals surface area (Å²) in [5.74, 6) is 0.556. The van der Waals surface area contributed by atoms with E-state index in [1.165, 1.54) is 5.56 Å². The first-order valence-electron chi connectivity index (χ1n) is 9.30. The van der Waals surface area contributed by atoms with Gasteiger partial charge in [-0.25, -0.2) is 15.0 Å². The summed E-state index contributed by atoms with van der Waals surface area (Å²) in [6, 6.07) is 14.0. The van der Waals surface area contributed by atoms with Crippen LogP contribution in [0.3, 0.4) is 0 Å². The van der Waals surface area contributed by atoms with E-state index in [1.54, 1.807) is 0 Å². The second-order valence-electron chi connectivity index (χ2n) is 7.12. The van der Waals surface area contributed by atoms with Crippen molar-refractivity contribution in [3.63, 3.8) is 0 Å². The number of hydrogen-bond acceptors (Lipinski definition) is 4. The smallest absolute Gasteiger partial charge is 0.221 e. The molecule has 1 aromatic carbocycles. The Labute approximate surface area is 162 Å². The van der Waals surface area contributed by atoms with Crippen molar-refractivity contribution >= 4 is 11.6 Å². The van der Waals surface area contributed by atoms with Gasteiger partial charge in [-0.3, -0.25) is 4.79 Å². The van der Waals surface area contributed by atoms with E-state index < -0.39 is 0 Å². The summed E-state index contributed by atoms with van der Waals surface area (Å²) in [7, 11) is 0. The average Bonchev–Trinajstić information content (AvgIpc) is 3.00. The van der Waals surface area contributed by atoms with Crippen LogP contribution in [0.2, 0.25) is 0 Å². The molecule has 0 saturated carbocycles. The highest BCUT2D eigenvalue weighted by atomic mass is 16.1. The van der Waals surface area contributed by atoms with E-state index in [4.69, 9.17) is 4.98 Å². The molecule has 0 fully saturated rings. The Balaban J connectivity index is 1.59. The number of fused-ring (bicyclic) bond motifs is 3. The van der Waals surface area contributed by atoms with E-state index in [0.29, 0.717) is 18.8 Å². The van der Waals surface area contributed by atoms with Crippen LogP contribution in [-0.4, -0.2) is 25.3 Å². The predicted octanol–water partition coefficient (Wildman–Crippen LogP) is 3.25. The fourth-order valence-electron chi connectivity index (χ4n) is 3.83. The zero-order chi connectivity index (χ0) is 19.1. The molecule has 5 rings (SSSR count). The maximum Gasteiger partial charge on any atom is 0.221 e. The molecule has 6 heteroatoms. The summed E-state index contributed by atoms with van der Waals surface area (Å²) in [4.78, 5) is 26.2. The minimum absolute atomic E-state index is 0.00967. The normalized spacial score (nSPS) is 16.5. The molecular formula is C22H19N5O. The molecule has 0 saturated heterocycles. The third-order valence-corrected chi connectivity index (χ3v) is 5.17. The number of pyridine rings is 1. The van der Waals surface area contributed by atoms with E-state index >= 15 is 0 Å². The Bertz CT molecular complexity index is 1180. The van der Waals surface area contributed by atoms with Gasteiger partial charge >= 0.3 is 0 Å². The number of hydrogen-bond donors (Lipinski definition) is 1. The maximum atomic E-state index is 12.3. The van der Waals surface area contributed by atoms with Gasteiger partial charge in [-0.1, -0.05) is 29.8 Å². The van der Waals surface area contributed by atoms with E-state index in [0.717, 1.165) is 28.2 Å². The predicted molar refractivity (Wildman–Crippen MR) is 106 cm³/mol. The van der Waals surface area contributed by atoms with Gasteiger partial charge in [0.15, 0.2) is 5.82 Å². The molecule has 1 amide bonds. The molecule has 138 valence electrons. The van der Waals surface area contributed by atoms with Crippen molar-refractivity contribution < 1.29 is 4.79 Å². The summed E-state index contributed by atoms with van der Waals surface area (Å²) in [5, 5.41) is 2.95. The van der Waals surface area contributed by atoms with Crippen LogP contribution >= 0.6 is 0 Å². The summed E-state index contributed by atoms with van der Waals surface area (Å²) < 4.78 is 2.06. The molecule has 1 aliphatic rings. The Morgan fingerprint density at radius 3 is 2.79 bits per heavy atom. The van der Waals surface area contributed by atoms with Crippen molar-refractivity contribution in [2.75, 3.05) is 0 Å². The topological polar surface area (TPSA) is 72.2 Å². The van der Waals surface area contributed by atoms with Gasteiger partial charge in [-0.05, 0) is 30.7 Å². The molecule has 0 unspecified atom stereocenters. The molecule has 1 N–H and O–H groups in total. The number of imidazole rings is 1. The third kappa shape index (κ3) is 2.83. The average molecular weight is 369 g/mol. The lowest BCUT2D eigenvalue weighted by Gasteiger charge is -2.15. The van der Waals surface area contributed by atoms with Gasteiger partial charge in [0.05, 0.1) is 17.9 Å². The van der Waals surface area contributed by atoms with E-state index in [-0.39, 0.29) is 11.8 Å². The van der Waals surface area contributed by atoms with E-state index in [9.17, 15) is 4.79 Å². The van der Waals surface area contributed by atoms with Crippen LogP contribution in [0.15, 0.2) is 61.1 Å². The molecule has 0 bridgehead atoms. The van der Waals surface area contributed by atoms with Gasteiger partial charge in [-0.2, -0.15) is 0 Å².